The van der Waals surface area contributed by atoms with Crippen LogP contribution >= 0.6 is 0 Å². The number of hydrogen-bond donors (Lipinski definition) is 1. The summed E-state index contributed by atoms with van der Waals surface area (Å²) in [5.41, 5.74) is 5.29. The van der Waals surface area contributed by atoms with Gasteiger partial charge in [-0.3, -0.25) is 14.4 Å². The summed E-state index contributed by atoms with van der Waals surface area (Å²) in [4.78, 5) is 37.5. The highest BCUT2D eigenvalue weighted by atomic mass is 16.2. The third kappa shape index (κ3) is 2.95. The Bertz CT molecular complexity index is 341. The van der Waals surface area contributed by atoms with Crippen LogP contribution in [0.2, 0.25) is 0 Å². The molecule has 96 valence electrons. The van der Waals surface area contributed by atoms with E-state index < -0.39 is 11.9 Å². The quantitative estimate of drug-likeness (QED) is 0.686. The molecule has 0 aliphatic carbocycles. The van der Waals surface area contributed by atoms with Crippen LogP contribution in [-0.2, 0) is 14.4 Å². The van der Waals surface area contributed by atoms with E-state index in [0.29, 0.717) is 13.1 Å². The van der Waals surface area contributed by atoms with Crippen molar-refractivity contribution in [2.24, 2.45) is 11.7 Å². The molecular weight excluding hydrogens is 222 g/mol. The first-order valence-electron chi connectivity index (χ1n) is 5.70. The predicted octanol–water partition coefficient (Wildman–Crippen LogP) is -0.813. The van der Waals surface area contributed by atoms with E-state index in [0.717, 1.165) is 0 Å². The maximum atomic E-state index is 11.9. The van der Waals surface area contributed by atoms with Crippen LogP contribution in [0.3, 0.4) is 0 Å². The summed E-state index contributed by atoms with van der Waals surface area (Å²) >= 11 is 0. The van der Waals surface area contributed by atoms with Gasteiger partial charge in [0, 0.05) is 25.9 Å². The Labute approximate surface area is 101 Å². The predicted molar refractivity (Wildman–Crippen MR) is 61.8 cm³/mol. The first kappa shape index (κ1) is 13.5. The van der Waals surface area contributed by atoms with E-state index in [1.54, 1.807) is 18.7 Å². The minimum absolute atomic E-state index is 0.1000. The first-order chi connectivity index (χ1) is 7.84. The average molecular weight is 241 g/mol. The molecule has 1 heterocycles. The minimum Gasteiger partial charge on any atom is -0.368 e. The van der Waals surface area contributed by atoms with Crippen molar-refractivity contribution in [3.63, 3.8) is 0 Å². The number of primary amides is 1. The summed E-state index contributed by atoms with van der Waals surface area (Å²) in [6.45, 7) is 6.01. The molecule has 1 saturated heterocycles. The van der Waals surface area contributed by atoms with Crippen LogP contribution < -0.4 is 5.73 Å². The standard InChI is InChI=1S/C11H19N3O3/c1-7(2)11(17)14-5-4-13(8(3)15)6-9(14)10(12)16/h7,9H,4-6H2,1-3H3,(H2,12,16). The van der Waals surface area contributed by atoms with Crippen LogP contribution in [0, 0.1) is 5.92 Å². The fraction of sp³-hybridized carbons (Fsp3) is 0.727. The Morgan fingerprint density at radius 3 is 2.24 bits per heavy atom. The first-order valence-corrected chi connectivity index (χ1v) is 5.70. The summed E-state index contributed by atoms with van der Waals surface area (Å²) in [6, 6.07) is -0.706. The molecule has 1 unspecified atom stereocenters. The van der Waals surface area contributed by atoms with Gasteiger partial charge in [0.15, 0.2) is 0 Å². The fourth-order valence-corrected chi connectivity index (χ4v) is 1.91. The highest BCUT2D eigenvalue weighted by Gasteiger charge is 2.35. The summed E-state index contributed by atoms with van der Waals surface area (Å²) in [5.74, 6) is -0.949. The van der Waals surface area contributed by atoms with Gasteiger partial charge < -0.3 is 15.5 Å². The van der Waals surface area contributed by atoms with Gasteiger partial charge in [-0.25, -0.2) is 0 Å². The Morgan fingerprint density at radius 1 is 1.24 bits per heavy atom. The zero-order valence-electron chi connectivity index (χ0n) is 10.5. The zero-order chi connectivity index (χ0) is 13.2. The normalized spacial score (nSPS) is 20.6. The van der Waals surface area contributed by atoms with E-state index in [4.69, 9.17) is 5.73 Å². The van der Waals surface area contributed by atoms with Crippen molar-refractivity contribution in [1.29, 1.82) is 0 Å². The van der Waals surface area contributed by atoms with E-state index in [1.807, 2.05) is 0 Å². The Hall–Kier alpha value is -1.59. The van der Waals surface area contributed by atoms with Gasteiger partial charge >= 0.3 is 0 Å². The second-order valence-corrected chi connectivity index (χ2v) is 4.57. The van der Waals surface area contributed by atoms with Gasteiger partial charge in [0.25, 0.3) is 0 Å². The number of carbonyl (C=O) groups excluding carboxylic acids is 3. The van der Waals surface area contributed by atoms with Gasteiger partial charge in [-0.1, -0.05) is 13.8 Å². The van der Waals surface area contributed by atoms with Gasteiger partial charge in [0.05, 0.1) is 6.54 Å². The lowest BCUT2D eigenvalue weighted by atomic mass is 10.1. The van der Waals surface area contributed by atoms with Crippen molar-refractivity contribution in [1.82, 2.24) is 9.80 Å². The molecule has 1 aliphatic heterocycles. The van der Waals surface area contributed by atoms with E-state index in [-0.39, 0.29) is 24.3 Å². The molecule has 2 N–H and O–H groups in total. The van der Waals surface area contributed by atoms with Gasteiger partial charge in [-0.05, 0) is 0 Å². The zero-order valence-corrected chi connectivity index (χ0v) is 10.5. The monoisotopic (exact) mass is 241 g/mol. The number of nitrogens with zero attached hydrogens (tertiary/aromatic N) is 2. The van der Waals surface area contributed by atoms with Crippen molar-refractivity contribution >= 4 is 17.7 Å². The number of amides is 3. The fourth-order valence-electron chi connectivity index (χ4n) is 1.91. The molecule has 0 aromatic heterocycles. The number of rotatable bonds is 2. The van der Waals surface area contributed by atoms with Crippen LogP contribution in [-0.4, -0.2) is 53.2 Å². The molecule has 1 atom stereocenters. The molecule has 0 spiro atoms. The summed E-state index contributed by atoms with van der Waals surface area (Å²) in [7, 11) is 0. The molecule has 1 rings (SSSR count). The van der Waals surface area contributed by atoms with E-state index in [2.05, 4.69) is 0 Å². The van der Waals surface area contributed by atoms with Gasteiger partial charge in [-0.15, -0.1) is 0 Å². The molecule has 17 heavy (non-hydrogen) atoms. The molecule has 0 aromatic carbocycles. The summed E-state index contributed by atoms with van der Waals surface area (Å²) in [6.07, 6.45) is 0. The molecule has 1 fully saturated rings. The molecule has 3 amide bonds. The lowest BCUT2D eigenvalue weighted by Crippen LogP contribution is -2.61. The molecule has 6 heteroatoms. The highest BCUT2D eigenvalue weighted by Crippen LogP contribution is 2.13. The minimum atomic E-state index is -0.706. The molecule has 0 bridgehead atoms. The number of nitrogens with two attached hydrogens (primary N) is 1. The Balaban J connectivity index is 2.83. The van der Waals surface area contributed by atoms with Crippen molar-refractivity contribution in [2.45, 2.75) is 26.8 Å². The largest absolute Gasteiger partial charge is 0.368 e. The molecule has 0 saturated carbocycles. The second-order valence-electron chi connectivity index (χ2n) is 4.57. The van der Waals surface area contributed by atoms with Gasteiger partial charge in [-0.2, -0.15) is 0 Å². The van der Waals surface area contributed by atoms with Crippen LogP contribution in [0.4, 0.5) is 0 Å². The highest BCUT2D eigenvalue weighted by molar-refractivity contribution is 5.88. The van der Waals surface area contributed by atoms with Crippen LogP contribution in [0.25, 0.3) is 0 Å². The van der Waals surface area contributed by atoms with Crippen molar-refractivity contribution in [3.8, 4) is 0 Å². The number of carbonyl (C=O) groups is 3. The Morgan fingerprint density at radius 2 is 1.82 bits per heavy atom. The van der Waals surface area contributed by atoms with Gasteiger partial charge in [0.1, 0.15) is 6.04 Å². The number of hydrogen-bond acceptors (Lipinski definition) is 3. The maximum absolute atomic E-state index is 11.9. The van der Waals surface area contributed by atoms with E-state index in [9.17, 15) is 14.4 Å². The third-order valence-corrected chi connectivity index (χ3v) is 2.93. The lowest BCUT2D eigenvalue weighted by Gasteiger charge is -2.40. The molecular formula is C11H19N3O3. The molecule has 6 nitrogen and oxygen atoms in total. The average Bonchev–Trinajstić information content (AvgIpc) is 2.26. The lowest BCUT2D eigenvalue weighted by molar-refractivity contribution is -0.148. The SMILES string of the molecule is CC(=O)N1CCN(C(=O)C(C)C)C(C(N)=O)C1. The molecule has 0 aromatic rings. The van der Waals surface area contributed by atoms with Crippen LogP contribution in [0.5, 0.6) is 0 Å². The van der Waals surface area contributed by atoms with Crippen molar-refractivity contribution in [2.75, 3.05) is 19.6 Å². The molecule has 0 radical (unpaired) electrons. The summed E-state index contributed by atoms with van der Waals surface area (Å²) in [5, 5.41) is 0. The maximum Gasteiger partial charge on any atom is 0.242 e. The number of piperazine rings is 1. The van der Waals surface area contributed by atoms with E-state index in [1.165, 1.54) is 11.8 Å². The van der Waals surface area contributed by atoms with Crippen molar-refractivity contribution < 1.29 is 14.4 Å². The van der Waals surface area contributed by atoms with Crippen molar-refractivity contribution in [3.05, 3.63) is 0 Å². The van der Waals surface area contributed by atoms with Crippen LogP contribution in [0.15, 0.2) is 0 Å². The smallest absolute Gasteiger partial charge is 0.242 e. The Kier molecular flexibility index (Phi) is 4.09. The topological polar surface area (TPSA) is 83.7 Å². The van der Waals surface area contributed by atoms with Crippen LogP contribution in [0.1, 0.15) is 20.8 Å². The van der Waals surface area contributed by atoms with E-state index >= 15 is 0 Å². The molecule has 1 aliphatic rings. The summed E-state index contributed by atoms with van der Waals surface area (Å²) < 4.78 is 0. The second kappa shape index (κ2) is 5.16. The third-order valence-electron chi connectivity index (χ3n) is 2.93. The van der Waals surface area contributed by atoms with Gasteiger partial charge in [0.2, 0.25) is 17.7 Å².